The fourth-order valence-electron chi connectivity index (χ4n) is 1.72. The first-order valence-electron chi connectivity index (χ1n) is 10.8. The second-order valence-corrected chi connectivity index (χ2v) is 16.9. The van der Waals surface area contributed by atoms with Crippen molar-refractivity contribution in [2.75, 3.05) is 93.3 Å². The molecular weight excluding hydrogens is 639 g/mol. The lowest BCUT2D eigenvalue weighted by molar-refractivity contribution is -0.196. The second-order valence-electron chi connectivity index (χ2n) is 6.02. The summed E-state index contributed by atoms with van der Waals surface area (Å²) in [6, 6.07) is 0. The Kier molecular flexibility index (Phi) is 34.0. The van der Waals surface area contributed by atoms with E-state index in [0.29, 0.717) is 24.8 Å². The number of rotatable bonds is 27. The van der Waals surface area contributed by atoms with Crippen LogP contribution in [0.15, 0.2) is 9.98 Å². The van der Waals surface area contributed by atoms with Gasteiger partial charge < -0.3 is 15.3 Å². The molecule has 0 saturated carbocycles. The van der Waals surface area contributed by atoms with Gasteiger partial charge in [0.2, 0.25) is 6.40 Å². The molecule has 0 spiro atoms. The SMILES string of the molecule is CSCCN=CS(=O)CCSCSCCSC(=O)NCCSCSCCN=COOCSCSCO. The summed E-state index contributed by atoms with van der Waals surface area (Å²) in [4.78, 5) is 29.8. The van der Waals surface area contributed by atoms with Crippen LogP contribution in [0.5, 0.6) is 0 Å². The Labute approximate surface area is 252 Å². The molecule has 0 heterocycles. The zero-order valence-corrected chi connectivity index (χ0v) is 27.8. The predicted molar refractivity (Wildman–Crippen MR) is 178 cm³/mol. The number of nitrogens with zero attached hydrogens (tertiary/aromatic N) is 2. The van der Waals surface area contributed by atoms with Crippen molar-refractivity contribution in [2.45, 2.75) is 0 Å². The summed E-state index contributed by atoms with van der Waals surface area (Å²) >= 11 is 13.2. The maximum absolute atomic E-state index is 11.9. The first-order valence-corrected chi connectivity index (χ1v) is 21.5. The highest BCUT2D eigenvalue weighted by atomic mass is 32.2. The highest BCUT2D eigenvalue weighted by Crippen LogP contribution is 2.15. The van der Waals surface area contributed by atoms with Gasteiger partial charge in [0.15, 0.2) is 0 Å². The highest BCUT2D eigenvalue weighted by molar-refractivity contribution is 8.18. The van der Waals surface area contributed by atoms with Gasteiger partial charge in [-0.3, -0.25) is 19.0 Å². The van der Waals surface area contributed by atoms with Gasteiger partial charge in [-0.25, -0.2) is 0 Å². The molecule has 2 N–H and O–H groups in total. The lowest BCUT2D eigenvalue weighted by Crippen LogP contribution is -2.22. The molecule has 17 heteroatoms. The number of hydrogen-bond donors (Lipinski definition) is 2. The smallest absolute Gasteiger partial charge is 0.279 e. The standard InChI is InChI=1S/C19H37N3O5S9/c1-28-5-2-21-13-36(25)11-10-32-17-31-8-9-35-19(24)22-4-7-30-16-29-6-3-20-12-26-27-15-34-18-33-14-23/h12-13,23H,2-11,14-18H2,1H3,(H,22,24). The van der Waals surface area contributed by atoms with E-state index in [2.05, 4.69) is 15.3 Å². The molecule has 0 rings (SSSR count). The fraction of sp³-hybridized carbons (Fsp3) is 0.842. The normalized spacial score (nSPS) is 12.5. The van der Waals surface area contributed by atoms with Gasteiger partial charge in [-0.05, 0) is 6.26 Å². The minimum atomic E-state index is -0.961. The van der Waals surface area contributed by atoms with Crippen molar-refractivity contribution in [2.24, 2.45) is 9.98 Å². The maximum atomic E-state index is 11.9. The molecule has 0 aliphatic heterocycles. The summed E-state index contributed by atoms with van der Waals surface area (Å²) in [5, 5.41) is 14.3. The van der Waals surface area contributed by atoms with E-state index < -0.39 is 10.8 Å². The van der Waals surface area contributed by atoms with Gasteiger partial charge >= 0.3 is 0 Å². The largest absolute Gasteiger partial charge is 0.386 e. The molecule has 0 aromatic heterocycles. The molecule has 1 unspecified atom stereocenters. The van der Waals surface area contributed by atoms with Crippen LogP contribution < -0.4 is 5.32 Å². The molecule has 0 fully saturated rings. The molecule has 1 amide bonds. The van der Waals surface area contributed by atoms with Crippen molar-refractivity contribution >= 4 is 122 Å². The van der Waals surface area contributed by atoms with Gasteiger partial charge in [-0.1, -0.05) is 11.8 Å². The quantitative estimate of drug-likeness (QED) is 0.0313. The molecule has 0 bridgehead atoms. The molecule has 0 aromatic carbocycles. The van der Waals surface area contributed by atoms with Gasteiger partial charge in [-0.2, -0.15) is 40.2 Å². The van der Waals surface area contributed by atoms with Crippen LogP contribution in [-0.2, 0) is 20.6 Å². The number of carbonyl (C=O) groups excluding carboxylic acids is 1. The number of carbonyl (C=O) groups is 1. The summed E-state index contributed by atoms with van der Waals surface area (Å²) < 4.78 is 11.7. The van der Waals surface area contributed by atoms with E-state index in [4.69, 9.17) is 14.9 Å². The topological polar surface area (TPSA) is 110 Å². The number of nitrogens with one attached hydrogen (secondary N) is 1. The molecule has 0 saturated heterocycles. The number of amides is 1. The van der Waals surface area contributed by atoms with Crippen molar-refractivity contribution < 1.29 is 23.9 Å². The minimum absolute atomic E-state index is 0.0368. The zero-order chi connectivity index (χ0) is 26.4. The van der Waals surface area contributed by atoms with Crippen molar-refractivity contribution in [1.82, 2.24) is 5.32 Å². The second kappa shape index (κ2) is 32.7. The number of aliphatic imine (C=N–C) groups is 2. The molecule has 0 aliphatic carbocycles. The Hall–Kier alpha value is 1.48. The average molecular weight is 676 g/mol. The van der Waals surface area contributed by atoms with E-state index in [9.17, 15) is 9.00 Å². The number of aliphatic hydroxyl groups excluding tert-OH is 1. The number of thioether (sulfide) groups is 8. The van der Waals surface area contributed by atoms with Crippen molar-refractivity contribution in [3.8, 4) is 0 Å². The third-order valence-corrected chi connectivity index (χ3v) is 12.6. The first kappa shape index (κ1) is 37.5. The first-order chi connectivity index (χ1) is 17.7. The van der Waals surface area contributed by atoms with Gasteiger partial charge in [0.05, 0.1) is 28.8 Å². The maximum Gasteiger partial charge on any atom is 0.279 e. The van der Waals surface area contributed by atoms with Crippen LogP contribution >= 0.6 is 94.1 Å². The van der Waals surface area contributed by atoms with Crippen LogP contribution in [0, 0.1) is 0 Å². The number of hydrogen-bond acceptors (Lipinski definition) is 15. The number of aliphatic hydroxyl groups is 1. The van der Waals surface area contributed by atoms with Gasteiger partial charge in [0, 0.05) is 68.6 Å². The van der Waals surface area contributed by atoms with Crippen molar-refractivity contribution in [1.29, 1.82) is 0 Å². The monoisotopic (exact) mass is 675 g/mol. The lowest BCUT2D eigenvalue weighted by atomic mass is 10.8. The summed E-state index contributed by atoms with van der Waals surface area (Å²) in [6.07, 6.45) is 3.35. The lowest BCUT2D eigenvalue weighted by Gasteiger charge is -2.05. The van der Waals surface area contributed by atoms with Gasteiger partial charge in [0.1, 0.15) is 5.94 Å². The Bertz CT molecular complexity index is 581. The van der Waals surface area contributed by atoms with E-state index in [-0.39, 0.29) is 11.2 Å². The summed E-state index contributed by atoms with van der Waals surface area (Å²) in [5.74, 6) is 6.50. The van der Waals surface area contributed by atoms with Crippen LogP contribution in [0.4, 0.5) is 4.79 Å². The third-order valence-electron chi connectivity index (χ3n) is 3.30. The Morgan fingerprint density at radius 1 is 0.917 bits per heavy atom. The summed E-state index contributed by atoms with van der Waals surface area (Å²) in [6.45, 7) is 2.07. The third kappa shape index (κ3) is 31.7. The summed E-state index contributed by atoms with van der Waals surface area (Å²) in [7, 11) is -0.961. The minimum Gasteiger partial charge on any atom is -0.386 e. The molecule has 36 heavy (non-hydrogen) atoms. The Morgan fingerprint density at radius 3 is 2.44 bits per heavy atom. The molecule has 0 aliphatic rings. The molecule has 8 nitrogen and oxygen atoms in total. The van der Waals surface area contributed by atoms with Gasteiger partial charge in [0.25, 0.3) is 5.24 Å². The Morgan fingerprint density at radius 2 is 1.64 bits per heavy atom. The average Bonchev–Trinajstić information content (AvgIpc) is 2.88. The van der Waals surface area contributed by atoms with E-state index in [0.717, 1.165) is 56.3 Å². The molecule has 212 valence electrons. The van der Waals surface area contributed by atoms with Crippen LogP contribution in [-0.4, -0.2) is 120 Å². The van der Waals surface area contributed by atoms with Gasteiger partial charge in [-0.15, -0.1) is 47.0 Å². The summed E-state index contributed by atoms with van der Waals surface area (Å²) in [5.41, 5.74) is 1.57. The van der Waals surface area contributed by atoms with E-state index in [1.807, 2.05) is 18.0 Å². The molecule has 0 aromatic rings. The van der Waals surface area contributed by atoms with Crippen LogP contribution in [0.2, 0.25) is 0 Å². The fourth-order valence-corrected chi connectivity index (χ4v) is 9.18. The Balaban J connectivity index is 3.30. The van der Waals surface area contributed by atoms with Crippen molar-refractivity contribution in [3.05, 3.63) is 0 Å². The predicted octanol–water partition coefficient (Wildman–Crippen LogP) is 4.72. The molecule has 0 radical (unpaired) electrons. The van der Waals surface area contributed by atoms with Crippen LogP contribution in [0.25, 0.3) is 0 Å². The van der Waals surface area contributed by atoms with E-state index >= 15 is 0 Å². The zero-order valence-electron chi connectivity index (χ0n) is 20.4. The van der Waals surface area contributed by atoms with E-state index in [1.165, 1.54) is 41.7 Å². The molecular formula is C19H37N3O5S9. The van der Waals surface area contributed by atoms with Crippen LogP contribution in [0.1, 0.15) is 0 Å². The molecule has 1 atom stereocenters. The highest BCUT2D eigenvalue weighted by Gasteiger charge is 2.02. The van der Waals surface area contributed by atoms with Crippen LogP contribution in [0.3, 0.4) is 0 Å². The van der Waals surface area contributed by atoms with Crippen molar-refractivity contribution in [3.63, 3.8) is 0 Å². The van der Waals surface area contributed by atoms with E-state index in [1.54, 1.807) is 52.6 Å².